The summed E-state index contributed by atoms with van der Waals surface area (Å²) >= 11 is 5.63. The quantitative estimate of drug-likeness (QED) is 0.884. The Morgan fingerprint density at radius 3 is 2.72 bits per heavy atom. The lowest BCUT2D eigenvalue weighted by molar-refractivity contribution is 0.0264. The van der Waals surface area contributed by atoms with Gasteiger partial charge >= 0.3 is 0 Å². The lowest BCUT2D eigenvalue weighted by atomic mass is 9.91. The van der Waals surface area contributed by atoms with E-state index in [0.29, 0.717) is 0 Å². The standard InChI is InChI=1S/C12H16ClN3O2/c1-16(9-4-2-3-5-10(9)17)12(18)8-6-15-11(13)7-14-8/h6-7,9-10,17H,2-5H2,1H3. The number of carbonyl (C=O) groups excluding carboxylic acids is 1. The number of rotatable bonds is 2. The van der Waals surface area contributed by atoms with Gasteiger partial charge in [-0.1, -0.05) is 24.4 Å². The highest BCUT2D eigenvalue weighted by atomic mass is 35.5. The minimum Gasteiger partial charge on any atom is -0.391 e. The molecule has 5 nitrogen and oxygen atoms in total. The Balaban J connectivity index is 2.10. The molecule has 2 rings (SSSR count). The second-order valence-electron chi connectivity index (χ2n) is 4.56. The van der Waals surface area contributed by atoms with Gasteiger partial charge in [-0.25, -0.2) is 9.97 Å². The van der Waals surface area contributed by atoms with Crippen molar-refractivity contribution in [2.24, 2.45) is 0 Å². The van der Waals surface area contributed by atoms with Gasteiger partial charge in [-0.3, -0.25) is 4.79 Å². The molecule has 1 saturated carbocycles. The van der Waals surface area contributed by atoms with Crippen molar-refractivity contribution in [1.82, 2.24) is 14.9 Å². The number of likely N-dealkylation sites (N-methyl/N-ethyl adjacent to an activating group) is 1. The van der Waals surface area contributed by atoms with E-state index in [-0.39, 0.29) is 22.8 Å². The van der Waals surface area contributed by atoms with Gasteiger partial charge in [0.15, 0.2) is 0 Å². The van der Waals surface area contributed by atoms with Gasteiger partial charge in [0, 0.05) is 7.05 Å². The maximum absolute atomic E-state index is 12.2. The average molecular weight is 270 g/mol. The minimum atomic E-state index is -0.451. The van der Waals surface area contributed by atoms with E-state index in [1.165, 1.54) is 12.4 Å². The molecule has 18 heavy (non-hydrogen) atoms. The van der Waals surface area contributed by atoms with Crippen molar-refractivity contribution in [2.45, 2.75) is 37.8 Å². The normalized spacial score (nSPS) is 23.7. The van der Waals surface area contributed by atoms with Crippen LogP contribution in [0.2, 0.25) is 5.15 Å². The Labute approximate surface area is 111 Å². The molecule has 6 heteroatoms. The predicted molar refractivity (Wildman–Crippen MR) is 67.4 cm³/mol. The lowest BCUT2D eigenvalue weighted by Crippen LogP contribution is -2.46. The van der Waals surface area contributed by atoms with Crippen molar-refractivity contribution in [3.8, 4) is 0 Å². The van der Waals surface area contributed by atoms with Crippen LogP contribution in [0.5, 0.6) is 0 Å². The molecule has 2 unspecified atom stereocenters. The van der Waals surface area contributed by atoms with Crippen molar-refractivity contribution in [3.05, 3.63) is 23.2 Å². The van der Waals surface area contributed by atoms with E-state index in [4.69, 9.17) is 11.6 Å². The molecule has 0 radical (unpaired) electrons. The number of hydrogen-bond donors (Lipinski definition) is 1. The van der Waals surface area contributed by atoms with Gasteiger partial charge in [0.1, 0.15) is 10.8 Å². The predicted octanol–water partition coefficient (Wildman–Crippen LogP) is 1.51. The number of nitrogens with zero attached hydrogens (tertiary/aromatic N) is 3. The maximum atomic E-state index is 12.2. The van der Waals surface area contributed by atoms with Crippen molar-refractivity contribution < 1.29 is 9.90 Å². The van der Waals surface area contributed by atoms with Crippen LogP contribution in [0.1, 0.15) is 36.2 Å². The number of carbonyl (C=O) groups is 1. The molecule has 1 fully saturated rings. The summed E-state index contributed by atoms with van der Waals surface area (Å²) in [4.78, 5) is 21.5. The van der Waals surface area contributed by atoms with Crippen LogP contribution < -0.4 is 0 Å². The van der Waals surface area contributed by atoms with Gasteiger partial charge in [0.05, 0.1) is 24.5 Å². The van der Waals surface area contributed by atoms with E-state index in [1.807, 2.05) is 0 Å². The molecule has 1 aromatic heterocycles. The van der Waals surface area contributed by atoms with Gasteiger partial charge in [-0.15, -0.1) is 0 Å². The largest absolute Gasteiger partial charge is 0.391 e. The summed E-state index contributed by atoms with van der Waals surface area (Å²) in [5.41, 5.74) is 0.250. The zero-order valence-corrected chi connectivity index (χ0v) is 11.0. The highest BCUT2D eigenvalue weighted by Crippen LogP contribution is 2.23. The van der Waals surface area contributed by atoms with E-state index in [9.17, 15) is 9.90 Å². The zero-order valence-electron chi connectivity index (χ0n) is 10.2. The molecule has 0 spiro atoms. The third kappa shape index (κ3) is 2.79. The second kappa shape index (κ2) is 5.63. The third-order valence-corrected chi connectivity index (χ3v) is 3.55. The topological polar surface area (TPSA) is 66.3 Å². The molecule has 0 aliphatic heterocycles. The number of halogens is 1. The first-order chi connectivity index (χ1) is 8.59. The summed E-state index contributed by atoms with van der Waals surface area (Å²) in [6, 6.07) is -0.135. The molecule has 1 amide bonds. The number of hydrogen-bond acceptors (Lipinski definition) is 4. The van der Waals surface area contributed by atoms with Crippen molar-refractivity contribution in [3.63, 3.8) is 0 Å². The van der Waals surface area contributed by atoms with Gasteiger partial charge < -0.3 is 10.0 Å². The van der Waals surface area contributed by atoms with E-state index in [2.05, 4.69) is 9.97 Å². The van der Waals surface area contributed by atoms with E-state index in [0.717, 1.165) is 25.7 Å². The van der Waals surface area contributed by atoms with Crippen LogP contribution in [0.25, 0.3) is 0 Å². The maximum Gasteiger partial charge on any atom is 0.274 e. The summed E-state index contributed by atoms with van der Waals surface area (Å²) in [5, 5.41) is 10.2. The van der Waals surface area contributed by atoms with Crippen LogP contribution >= 0.6 is 11.6 Å². The molecule has 0 aromatic carbocycles. The van der Waals surface area contributed by atoms with Gasteiger partial charge in [-0.05, 0) is 12.8 Å². The van der Waals surface area contributed by atoms with Crippen molar-refractivity contribution in [2.75, 3.05) is 7.05 Å². The molecule has 0 saturated heterocycles. The fraction of sp³-hybridized carbons (Fsp3) is 0.583. The molecule has 1 aliphatic rings. The van der Waals surface area contributed by atoms with Crippen LogP contribution in [0.4, 0.5) is 0 Å². The number of amides is 1. The Hall–Kier alpha value is -1.20. The van der Waals surface area contributed by atoms with Crippen molar-refractivity contribution in [1.29, 1.82) is 0 Å². The second-order valence-corrected chi connectivity index (χ2v) is 4.95. The molecule has 1 aromatic rings. The zero-order chi connectivity index (χ0) is 13.1. The number of aliphatic hydroxyl groups excluding tert-OH is 1. The Morgan fingerprint density at radius 2 is 2.11 bits per heavy atom. The van der Waals surface area contributed by atoms with Crippen molar-refractivity contribution >= 4 is 17.5 Å². The smallest absolute Gasteiger partial charge is 0.274 e. The molecule has 1 N–H and O–H groups in total. The first kappa shape index (κ1) is 13.2. The minimum absolute atomic E-state index is 0.135. The number of aliphatic hydroxyl groups is 1. The Morgan fingerprint density at radius 1 is 1.39 bits per heavy atom. The summed E-state index contributed by atoms with van der Waals surface area (Å²) in [6.45, 7) is 0. The Kier molecular flexibility index (Phi) is 4.14. The summed E-state index contributed by atoms with van der Waals surface area (Å²) < 4.78 is 0. The summed E-state index contributed by atoms with van der Waals surface area (Å²) in [7, 11) is 1.69. The van der Waals surface area contributed by atoms with Gasteiger partial charge in [0.2, 0.25) is 0 Å². The fourth-order valence-corrected chi connectivity index (χ4v) is 2.40. The molecule has 0 bridgehead atoms. The molecule has 1 heterocycles. The van der Waals surface area contributed by atoms with Crippen LogP contribution in [0.3, 0.4) is 0 Å². The summed E-state index contributed by atoms with van der Waals surface area (Å²) in [6.07, 6.45) is 5.87. The first-order valence-corrected chi connectivity index (χ1v) is 6.40. The van der Waals surface area contributed by atoms with Gasteiger partial charge in [0.25, 0.3) is 5.91 Å². The molecule has 2 atom stereocenters. The highest BCUT2D eigenvalue weighted by Gasteiger charge is 2.30. The molecular weight excluding hydrogens is 254 g/mol. The van der Waals surface area contributed by atoms with E-state index >= 15 is 0 Å². The molecule has 1 aliphatic carbocycles. The van der Waals surface area contributed by atoms with Crippen LogP contribution in [0, 0.1) is 0 Å². The third-order valence-electron chi connectivity index (χ3n) is 3.35. The van der Waals surface area contributed by atoms with Crippen LogP contribution in [-0.2, 0) is 0 Å². The van der Waals surface area contributed by atoms with E-state index in [1.54, 1.807) is 11.9 Å². The lowest BCUT2D eigenvalue weighted by Gasteiger charge is -2.34. The Bertz CT molecular complexity index is 424. The average Bonchev–Trinajstić information content (AvgIpc) is 2.38. The highest BCUT2D eigenvalue weighted by molar-refractivity contribution is 6.29. The van der Waals surface area contributed by atoms with Crippen LogP contribution in [0.15, 0.2) is 12.4 Å². The monoisotopic (exact) mass is 269 g/mol. The van der Waals surface area contributed by atoms with Gasteiger partial charge in [-0.2, -0.15) is 0 Å². The summed E-state index contributed by atoms with van der Waals surface area (Å²) in [5.74, 6) is -0.231. The molecular formula is C12H16ClN3O2. The van der Waals surface area contributed by atoms with E-state index < -0.39 is 6.10 Å². The molecule has 98 valence electrons. The fourth-order valence-electron chi connectivity index (χ4n) is 2.30. The van der Waals surface area contributed by atoms with Crippen LogP contribution in [-0.4, -0.2) is 45.1 Å². The first-order valence-electron chi connectivity index (χ1n) is 6.02. The SMILES string of the molecule is CN(C(=O)c1cnc(Cl)cn1)C1CCCCC1O. The number of aromatic nitrogens is 2.